The van der Waals surface area contributed by atoms with Crippen LogP contribution in [0.1, 0.15) is 5.56 Å². The number of aryl methyl sites for hydroxylation is 1. The van der Waals surface area contributed by atoms with Crippen LogP contribution >= 0.6 is 0 Å². The summed E-state index contributed by atoms with van der Waals surface area (Å²) in [5, 5.41) is 3.46. The first-order valence-corrected chi connectivity index (χ1v) is 9.23. The van der Waals surface area contributed by atoms with E-state index in [-0.39, 0.29) is 12.5 Å². The van der Waals surface area contributed by atoms with Gasteiger partial charge in [0, 0.05) is 22.7 Å². The number of aromatic nitrogens is 1. The van der Waals surface area contributed by atoms with Crippen LogP contribution < -0.4 is 10.1 Å². The smallest absolute Gasteiger partial charge is 0.262 e. The van der Waals surface area contributed by atoms with Crippen LogP contribution in [0.2, 0.25) is 0 Å². The van der Waals surface area contributed by atoms with Gasteiger partial charge in [0.2, 0.25) is 0 Å². The predicted molar refractivity (Wildman–Crippen MR) is 112 cm³/mol. The number of ether oxygens (including phenoxy) is 1. The lowest BCUT2D eigenvalue weighted by Crippen LogP contribution is -2.20. The quantitative estimate of drug-likeness (QED) is 0.502. The van der Waals surface area contributed by atoms with Crippen molar-refractivity contribution in [3.8, 4) is 17.0 Å². The van der Waals surface area contributed by atoms with E-state index in [1.54, 1.807) is 6.07 Å². The Kier molecular flexibility index (Phi) is 5.20. The Morgan fingerprint density at radius 3 is 2.59 bits per heavy atom. The maximum Gasteiger partial charge on any atom is 0.262 e. The maximum atomic E-state index is 13.3. The predicted octanol–water partition coefficient (Wildman–Crippen LogP) is 5.37. The van der Waals surface area contributed by atoms with Crippen molar-refractivity contribution in [2.24, 2.45) is 0 Å². The fraction of sp³-hybridized carbons (Fsp3) is 0.0833. The summed E-state index contributed by atoms with van der Waals surface area (Å²) in [6.07, 6.45) is 0. The molecule has 0 unspecified atom stereocenters. The Hall–Kier alpha value is -3.73. The summed E-state index contributed by atoms with van der Waals surface area (Å²) in [7, 11) is 0. The van der Waals surface area contributed by atoms with Crippen molar-refractivity contribution < 1.29 is 13.9 Å². The minimum absolute atomic E-state index is 0.197. The first kappa shape index (κ1) is 18.6. The van der Waals surface area contributed by atoms with Crippen molar-refractivity contribution in [2.45, 2.75) is 6.92 Å². The highest BCUT2D eigenvalue weighted by atomic mass is 19.1. The van der Waals surface area contributed by atoms with Gasteiger partial charge in [0.15, 0.2) is 6.61 Å². The fourth-order valence-corrected chi connectivity index (χ4v) is 3.04. The van der Waals surface area contributed by atoms with E-state index in [9.17, 15) is 9.18 Å². The van der Waals surface area contributed by atoms with E-state index in [2.05, 4.69) is 5.32 Å². The number of amides is 1. The molecule has 4 rings (SSSR count). The summed E-state index contributed by atoms with van der Waals surface area (Å²) >= 11 is 0. The molecule has 0 aliphatic rings. The lowest BCUT2D eigenvalue weighted by Gasteiger charge is -2.12. The third-order valence-corrected chi connectivity index (χ3v) is 4.49. The first-order valence-electron chi connectivity index (χ1n) is 9.23. The molecule has 1 heterocycles. The fourth-order valence-electron chi connectivity index (χ4n) is 3.04. The van der Waals surface area contributed by atoms with Gasteiger partial charge in [-0.2, -0.15) is 0 Å². The molecule has 0 radical (unpaired) electrons. The molecular formula is C24H19FN2O2. The Morgan fingerprint density at radius 2 is 1.79 bits per heavy atom. The number of nitrogens with one attached hydrogen (secondary N) is 1. The normalized spacial score (nSPS) is 10.7. The number of para-hydroxylation sites is 1. The summed E-state index contributed by atoms with van der Waals surface area (Å²) in [5.41, 5.74) is 4.07. The average Bonchev–Trinajstić information content (AvgIpc) is 2.72. The Morgan fingerprint density at radius 1 is 1.00 bits per heavy atom. The number of hydrogen-bond donors (Lipinski definition) is 1. The summed E-state index contributed by atoms with van der Waals surface area (Å²) in [6, 6.07) is 23.3. The molecule has 0 atom stereocenters. The number of benzene rings is 3. The van der Waals surface area contributed by atoms with E-state index < -0.39 is 5.82 Å². The topological polar surface area (TPSA) is 51.2 Å². The van der Waals surface area contributed by atoms with E-state index in [1.165, 1.54) is 23.8 Å². The SMILES string of the molecule is Cc1ccc(-c2cc(OCC(=O)Nc3cccc(F)c3)c3ccccc3n2)cc1. The molecule has 144 valence electrons. The van der Waals surface area contributed by atoms with Crippen molar-refractivity contribution in [3.63, 3.8) is 0 Å². The van der Waals surface area contributed by atoms with Crippen molar-refractivity contribution >= 4 is 22.5 Å². The van der Waals surface area contributed by atoms with E-state index in [1.807, 2.05) is 61.5 Å². The highest BCUT2D eigenvalue weighted by molar-refractivity contribution is 5.93. The number of rotatable bonds is 5. The molecule has 4 aromatic rings. The highest BCUT2D eigenvalue weighted by Gasteiger charge is 2.11. The first-order chi connectivity index (χ1) is 14.1. The van der Waals surface area contributed by atoms with Gasteiger partial charge in [0.25, 0.3) is 5.91 Å². The van der Waals surface area contributed by atoms with Gasteiger partial charge in [-0.3, -0.25) is 4.79 Å². The van der Waals surface area contributed by atoms with Crippen LogP contribution in [0.4, 0.5) is 10.1 Å². The Labute approximate surface area is 168 Å². The van der Waals surface area contributed by atoms with Crippen molar-refractivity contribution in [3.05, 3.63) is 90.2 Å². The molecule has 1 aromatic heterocycles. The standard InChI is InChI=1S/C24H19FN2O2/c1-16-9-11-17(12-10-16)22-14-23(20-7-2-3-8-21(20)27-22)29-15-24(28)26-19-6-4-5-18(25)13-19/h2-14H,15H2,1H3,(H,26,28). The Bertz CT molecular complexity index is 1170. The summed E-state index contributed by atoms with van der Waals surface area (Å²) in [5.74, 6) is -0.208. The van der Waals surface area contributed by atoms with Gasteiger partial charge in [-0.25, -0.2) is 9.37 Å². The molecule has 1 N–H and O–H groups in total. The van der Waals surface area contributed by atoms with Crippen LogP contribution in [0.25, 0.3) is 22.2 Å². The number of anilines is 1. The summed E-state index contributed by atoms with van der Waals surface area (Å²) < 4.78 is 19.1. The molecule has 5 heteroatoms. The lowest BCUT2D eigenvalue weighted by molar-refractivity contribution is -0.118. The van der Waals surface area contributed by atoms with Crippen molar-refractivity contribution in [1.29, 1.82) is 0 Å². The maximum absolute atomic E-state index is 13.3. The van der Waals surface area contributed by atoms with E-state index >= 15 is 0 Å². The number of carbonyl (C=O) groups excluding carboxylic acids is 1. The molecule has 0 aliphatic heterocycles. The van der Waals surface area contributed by atoms with E-state index in [4.69, 9.17) is 9.72 Å². The second-order valence-electron chi connectivity index (χ2n) is 6.74. The zero-order chi connectivity index (χ0) is 20.2. The minimum atomic E-state index is -0.411. The van der Waals surface area contributed by atoms with Crippen LogP contribution in [0.5, 0.6) is 5.75 Å². The van der Waals surface area contributed by atoms with Crippen LogP contribution in [0.3, 0.4) is 0 Å². The van der Waals surface area contributed by atoms with Gasteiger partial charge in [0.05, 0.1) is 11.2 Å². The molecule has 1 amide bonds. The lowest BCUT2D eigenvalue weighted by atomic mass is 10.1. The molecule has 0 saturated carbocycles. The van der Waals surface area contributed by atoms with Crippen LogP contribution in [0.15, 0.2) is 78.9 Å². The van der Waals surface area contributed by atoms with E-state index in [0.29, 0.717) is 11.4 Å². The van der Waals surface area contributed by atoms with Gasteiger partial charge in [-0.05, 0) is 37.3 Å². The Balaban J connectivity index is 1.58. The third-order valence-electron chi connectivity index (χ3n) is 4.49. The molecule has 4 nitrogen and oxygen atoms in total. The second-order valence-corrected chi connectivity index (χ2v) is 6.74. The molecule has 0 bridgehead atoms. The number of hydrogen-bond acceptors (Lipinski definition) is 3. The van der Waals surface area contributed by atoms with Crippen LogP contribution in [-0.2, 0) is 4.79 Å². The second kappa shape index (κ2) is 8.10. The van der Waals surface area contributed by atoms with Crippen molar-refractivity contribution in [1.82, 2.24) is 4.98 Å². The molecule has 3 aromatic carbocycles. The summed E-state index contributed by atoms with van der Waals surface area (Å²) in [4.78, 5) is 17.0. The largest absolute Gasteiger partial charge is 0.483 e. The number of carbonyl (C=O) groups is 1. The monoisotopic (exact) mass is 386 g/mol. The molecule has 0 saturated heterocycles. The summed E-state index contributed by atoms with van der Waals surface area (Å²) in [6.45, 7) is 1.83. The van der Waals surface area contributed by atoms with Gasteiger partial charge >= 0.3 is 0 Å². The van der Waals surface area contributed by atoms with Gasteiger partial charge in [0.1, 0.15) is 11.6 Å². The van der Waals surface area contributed by atoms with Crippen LogP contribution in [0, 0.1) is 12.7 Å². The molecular weight excluding hydrogens is 367 g/mol. The van der Waals surface area contributed by atoms with Crippen LogP contribution in [-0.4, -0.2) is 17.5 Å². The van der Waals surface area contributed by atoms with Crippen molar-refractivity contribution in [2.75, 3.05) is 11.9 Å². The zero-order valence-corrected chi connectivity index (χ0v) is 15.9. The van der Waals surface area contributed by atoms with Gasteiger partial charge < -0.3 is 10.1 Å². The third kappa shape index (κ3) is 4.41. The number of fused-ring (bicyclic) bond motifs is 1. The minimum Gasteiger partial charge on any atom is -0.483 e. The van der Waals surface area contributed by atoms with E-state index in [0.717, 1.165) is 22.2 Å². The molecule has 29 heavy (non-hydrogen) atoms. The highest BCUT2D eigenvalue weighted by Crippen LogP contribution is 2.30. The van der Waals surface area contributed by atoms with Gasteiger partial charge in [-0.1, -0.05) is 48.0 Å². The molecule has 0 aliphatic carbocycles. The number of nitrogens with zero attached hydrogens (tertiary/aromatic N) is 1. The van der Waals surface area contributed by atoms with Gasteiger partial charge in [-0.15, -0.1) is 0 Å². The number of pyridine rings is 1. The molecule has 0 spiro atoms. The number of halogens is 1. The average molecular weight is 386 g/mol. The molecule has 0 fully saturated rings. The zero-order valence-electron chi connectivity index (χ0n) is 15.9.